The Labute approximate surface area is 121 Å². The van der Waals surface area contributed by atoms with Crippen molar-refractivity contribution in [1.82, 2.24) is 4.98 Å². The normalized spacial score (nSPS) is 10.9. The fraction of sp³-hybridized carbons (Fsp3) is 0.200. The Hall–Kier alpha value is -2.14. The molecule has 0 spiro atoms. The van der Waals surface area contributed by atoms with Gasteiger partial charge in [-0.1, -0.05) is 18.2 Å². The van der Waals surface area contributed by atoms with Gasteiger partial charge in [0.2, 0.25) is 0 Å². The molecule has 0 amide bonds. The summed E-state index contributed by atoms with van der Waals surface area (Å²) in [6.07, 6.45) is 2.62. The zero-order valence-electron chi connectivity index (χ0n) is 11.3. The number of rotatable bonds is 5. The van der Waals surface area contributed by atoms with Crippen LogP contribution in [0.2, 0.25) is 0 Å². The van der Waals surface area contributed by atoms with Crippen molar-refractivity contribution in [2.75, 3.05) is 0 Å². The van der Waals surface area contributed by atoms with Crippen molar-refractivity contribution in [2.45, 2.75) is 20.5 Å². The van der Waals surface area contributed by atoms with Crippen LogP contribution in [0.25, 0.3) is 6.08 Å². The third-order valence-corrected chi connectivity index (χ3v) is 3.79. The number of para-hydroxylation sites is 1. The van der Waals surface area contributed by atoms with Gasteiger partial charge in [-0.05, 0) is 26.0 Å². The van der Waals surface area contributed by atoms with E-state index in [1.165, 1.54) is 11.0 Å². The Morgan fingerprint density at radius 2 is 2.15 bits per heavy atom. The summed E-state index contributed by atoms with van der Waals surface area (Å²) in [7, 11) is 0. The quantitative estimate of drug-likeness (QED) is 0.857. The molecule has 2 aromatic rings. The number of aryl methyl sites for hydroxylation is 2. The largest absolute Gasteiger partial charge is 0.486 e. The summed E-state index contributed by atoms with van der Waals surface area (Å²) in [5, 5.41) is 9.58. The first-order valence-corrected chi connectivity index (χ1v) is 6.93. The summed E-state index contributed by atoms with van der Waals surface area (Å²) < 4.78 is 5.73. The van der Waals surface area contributed by atoms with Gasteiger partial charge in [0.25, 0.3) is 0 Å². The lowest BCUT2D eigenvalue weighted by molar-refractivity contribution is -0.131. The highest BCUT2D eigenvalue weighted by Gasteiger charge is 2.06. The maximum absolute atomic E-state index is 10.6. The molecule has 0 aliphatic heterocycles. The van der Waals surface area contributed by atoms with Crippen LogP contribution in [-0.4, -0.2) is 16.1 Å². The third kappa shape index (κ3) is 3.68. The maximum atomic E-state index is 10.6. The van der Waals surface area contributed by atoms with Crippen molar-refractivity contribution >= 4 is 23.4 Å². The van der Waals surface area contributed by atoms with Crippen molar-refractivity contribution in [3.8, 4) is 5.75 Å². The Kier molecular flexibility index (Phi) is 4.53. The number of nitrogens with zero attached hydrogens (tertiary/aromatic N) is 1. The monoisotopic (exact) mass is 289 g/mol. The molecule has 104 valence electrons. The number of carboxylic acids is 1. The molecule has 2 rings (SSSR count). The van der Waals surface area contributed by atoms with Crippen LogP contribution < -0.4 is 4.74 Å². The van der Waals surface area contributed by atoms with E-state index in [2.05, 4.69) is 4.98 Å². The molecule has 1 aromatic heterocycles. The third-order valence-electron chi connectivity index (χ3n) is 2.75. The summed E-state index contributed by atoms with van der Waals surface area (Å²) in [5.41, 5.74) is 1.76. The van der Waals surface area contributed by atoms with E-state index >= 15 is 0 Å². The second-order valence-corrected chi connectivity index (χ2v) is 5.54. The Bertz CT molecular complexity index is 627. The van der Waals surface area contributed by atoms with Crippen LogP contribution in [0.4, 0.5) is 0 Å². The standard InChI is InChI=1S/C15H15NO3S/c1-10-11(2)20-14(16-10)9-19-13-6-4-3-5-12(13)7-8-15(17)18/h3-8H,9H2,1-2H3,(H,17,18)/b8-7+. The van der Waals surface area contributed by atoms with Gasteiger partial charge in [0.15, 0.2) is 0 Å². The van der Waals surface area contributed by atoms with E-state index in [0.717, 1.165) is 22.3 Å². The van der Waals surface area contributed by atoms with E-state index in [1.807, 2.05) is 38.1 Å². The molecule has 0 fully saturated rings. The van der Waals surface area contributed by atoms with E-state index in [4.69, 9.17) is 9.84 Å². The van der Waals surface area contributed by atoms with E-state index < -0.39 is 5.97 Å². The predicted octanol–water partition coefficient (Wildman–Crippen LogP) is 3.44. The van der Waals surface area contributed by atoms with Crippen LogP contribution in [0.5, 0.6) is 5.75 Å². The topological polar surface area (TPSA) is 59.4 Å². The van der Waals surface area contributed by atoms with Crippen LogP contribution in [-0.2, 0) is 11.4 Å². The summed E-state index contributed by atoms with van der Waals surface area (Å²) in [5.74, 6) is -0.332. The average molecular weight is 289 g/mol. The minimum absolute atomic E-state index is 0.386. The highest BCUT2D eigenvalue weighted by atomic mass is 32.1. The first-order valence-electron chi connectivity index (χ1n) is 6.12. The fourth-order valence-electron chi connectivity index (χ4n) is 1.65. The van der Waals surface area contributed by atoms with Crippen LogP contribution in [0.15, 0.2) is 30.3 Å². The van der Waals surface area contributed by atoms with Gasteiger partial charge in [-0.3, -0.25) is 0 Å². The lowest BCUT2D eigenvalue weighted by Crippen LogP contribution is -1.96. The van der Waals surface area contributed by atoms with Crippen molar-refractivity contribution < 1.29 is 14.6 Å². The van der Waals surface area contributed by atoms with E-state index in [-0.39, 0.29) is 0 Å². The molecule has 0 aliphatic rings. The van der Waals surface area contributed by atoms with Gasteiger partial charge < -0.3 is 9.84 Å². The van der Waals surface area contributed by atoms with Crippen molar-refractivity contribution in [2.24, 2.45) is 0 Å². The van der Waals surface area contributed by atoms with Crippen molar-refractivity contribution in [3.05, 3.63) is 51.5 Å². The van der Waals surface area contributed by atoms with Gasteiger partial charge in [-0.15, -0.1) is 11.3 Å². The summed E-state index contributed by atoms with van der Waals surface area (Å²) in [4.78, 5) is 16.2. The number of carboxylic acid groups (broad SMARTS) is 1. The van der Waals surface area contributed by atoms with Gasteiger partial charge in [-0.25, -0.2) is 9.78 Å². The van der Waals surface area contributed by atoms with Crippen LogP contribution in [0.1, 0.15) is 21.1 Å². The molecular formula is C15H15NO3S. The summed E-state index contributed by atoms with van der Waals surface area (Å²) in [6.45, 7) is 4.39. The highest BCUT2D eigenvalue weighted by Crippen LogP contribution is 2.23. The number of hydrogen-bond acceptors (Lipinski definition) is 4. The van der Waals surface area contributed by atoms with Crippen LogP contribution in [0, 0.1) is 13.8 Å². The Morgan fingerprint density at radius 3 is 2.80 bits per heavy atom. The number of benzene rings is 1. The fourth-order valence-corrected chi connectivity index (χ4v) is 2.50. The molecule has 0 atom stereocenters. The van der Waals surface area contributed by atoms with E-state index in [0.29, 0.717) is 12.4 Å². The molecule has 20 heavy (non-hydrogen) atoms. The lowest BCUT2D eigenvalue weighted by atomic mass is 10.2. The summed E-state index contributed by atoms with van der Waals surface area (Å²) >= 11 is 1.61. The number of thiazole rings is 1. The minimum atomic E-state index is -0.981. The first-order chi connectivity index (χ1) is 9.56. The minimum Gasteiger partial charge on any atom is -0.486 e. The molecule has 4 nitrogen and oxygen atoms in total. The Morgan fingerprint density at radius 1 is 1.40 bits per heavy atom. The SMILES string of the molecule is Cc1nc(COc2ccccc2/C=C/C(=O)O)sc1C. The van der Waals surface area contributed by atoms with Gasteiger partial charge in [0.05, 0.1) is 5.69 Å². The molecule has 0 saturated carbocycles. The van der Waals surface area contributed by atoms with Gasteiger partial charge in [-0.2, -0.15) is 0 Å². The highest BCUT2D eigenvalue weighted by molar-refractivity contribution is 7.11. The molecule has 5 heteroatoms. The van der Waals surface area contributed by atoms with Crippen LogP contribution >= 0.6 is 11.3 Å². The zero-order chi connectivity index (χ0) is 14.5. The van der Waals surface area contributed by atoms with Gasteiger partial charge >= 0.3 is 5.97 Å². The van der Waals surface area contributed by atoms with E-state index in [1.54, 1.807) is 11.3 Å². The maximum Gasteiger partial charge on any atom is 0.328 e. The summed E-state index contributed by atoms with van der Waals surface area (Å²) in [6, 6.07) is 7.32. The van der Waals surface area contributed by atoms with Gasteiger partial charge in [0.1, 0.15) is 17.4 Å². The predicted molar refractivity (Wildman–Crippen MR) is 79.0 cm³/mol. The van der Waals surface area contributed by atoms with Crippen molar-refractivity contribution in [1.29, 1.82) is 0 Å². The lowest BCUT2D eigenvalue weighted by Gasteiger charge is -2.07. The smallest absolute Gasteiger partial charge is 0.328 e. The number of carbonyl (C=O) groups is 1. The second kappa shape index (κ2) is 6.34. The molecular weight excluding hydrogens is 274 g/mol. The van der Waals surface area contributed by atoms with E-state index in [9.17, 15) is 4.79 Å². The number of aromatic nitrogens is 1. The average Bonchev–Trinajstić information content (AvgIpc) is 2.74. The first kappa shape index (κ1) is 14.3. The molecule has 1 heterocycles. The Balaban J connectivity index is 2.11. The molecule has 0 saturated heterocycles. The molecule has 0 radical (unpaired) electrons. The molecule has 1 aromatic carbocycles. The van der Waals surface area contributed by atoms with Crippen LogP contribution in [0.3, 0.4) is 0 Å². The molecule has 0 unspecified atom stereocenters. The van der Waals surface area contributed by atoms with Gasteiger partial charge in [0, 0.05) is 16.5 Å². The number of ether oxygens (including phenoxy) is 1. The zero-order valence-corrected chi connectivity index (χ0v) is 12.1. The molecule has 0 aliphatic carbocycles. The number of aliphatic carboxylic acids is 1. The number of hydrogen-bond donors (Lipinski definition) is 1. The second-order valence-electron chi connectivity index (χ2n) is 4.25. The molecule has 0 bridgehead atoms. The van der Waals surface area contributed by atoms with Crippen molar-refractivity contribution in [3.63, 3.8) is 0 Å². The molecule has 1 N–H and O–H groups in total.